The molecule has 3 rings (SSSR count). The van der Waals surface area contributed by atoms with E-state index < -0.39 is 4.92 Å². The maximum Gasteiger partial charge on any atom is 0.273 e. The smallest absolute Gasteiger partial charge is 0.273 e. The van der Waals surface area contributed by atoms with Crippen molar-refractivity contribution in [2.45, 2.75) is 6.54 Å². The van der Waals surface area contributed by atoms with E-state index in [1.54, 1.807) is 12.1 Å². The van der Waals surface area contributed by atoms with Crippen molar-refractivity contribution in [1.82, 2.24) is 9.80 Å². The molecule has 0 saturated carbocycles. The van der Waals surface area contributed by atoms with Crippen LogP contribution in [0.1, 0.15) is 5.56 Å². The van der Waals surface area contributed by atoms with E-state index in [9.17, 15) is 19.3 Å². The number of anilines is 1. The minimum absolute atomic E-state index is 0.115. The summed E-state index contributed by atoms with van der Waals surface area (Å²) in [4.78, 5) is 26.8. The van der Waals surface area contributed by atoms with Gasteiger partial charge < -0.3 is 10.1 Å². The molecule has 1 N–H and O–H groups in total. The molecular formula is C20H22ClFN4O4. The van der Waals surface area contributed by atoms with E-state index in [0.717, 1.165) is 0 Å². The molecular weight excluding hydrogens is 415 g/mol. The normalized spacial score (nSPS) is 15.0. The number of nitrogens with zero attached hydrogens (tertiary/aromatic N) is 3. The number of hydrogen-bond donors (Lipinski definition) is 1. The molecule has 0 unspecified atom stereocenters. The lowest BCUT2D eigenvalue weighted by Crippen LogP contribution is -2.48. The number of nitrogens with one attached hydrogen (secondary N) is 1. The number of carbonyl (C=O) groups is 1. The largest absolute Gasteiger partial charge is 0.494 e. The third-order valence-electron chi connectivity index (χ3n) is 4.95. The molecule has 160 valence electrons. The second kappa shape index (κ2) is 9.84. The third-order valence-corrected chi connectivity index (χ3v) is 5.30. The van der Waals surface area contributed by atoms with Crippen LogP contribution in [0, 0.1) is 15.9 Å². The molecule has 1 fully saturated rings. The quantitative estimate of drug-likeness (QED) is 0.530. The highest BCUT2D eigenvalue weighted by Gasteiger charge is 2.21. The summed E-state index contributed by atoms with van der Waals surface area (Å²) in [7, 11) is 1.38. The second-order valence-electron chi connectivity index (χ2n) is 6.94. The first-order valence-electron chi connectivity index (χ1n) is 9.37. The standard InChI is InChI=1S/C20H22ClFN4O4/c1-30-19-11-14(26(28)29)5-6-18(19)23-20(27)13-25-9-7-24(8-10-25)12-15-16(21)3-2-4-17(15)22/h2-6,11H,7-10,12-13H2,1H3,(H,23,27). The van der Waals surface area contributed by atoms with Gasteiger partial charge in [-0.1, -0.05) is 17.7 Å². The molecule has 1 aliphatic rings. The van der Waals surface area contributed by atoms with E-state index in [1.807, 2.05) is 4.90 Å². The van der Waals surface area contributed by atoms with Crippen LogP contribution < -0.4 is 10.1 Å². The van der Waals surface area contributed by atoms with Crippen molar-refractivity contribution >= 4 is 28.9 Å². The maximum atomic E-state index is 14.0. The van der Waals surface area contributed by atoms with Gasteiger partial charge >= 0.3 is 0 Å². The highest BCUT2D eigenvalue weighted by atomic mass is 35.5. The lowest BCUT2D eigenvalue weighted by Gasteiger charge is -2.34. The second-order valence-corrected chi connectivity index (χ2v) is 7.35. The van der Waals surface area contributed by atoms with Crippen LogP contribution in [0.4, 0.5) is 15.8 Å². The Labute approximate surface area is 178 Å². The Bertz CT molecular complexity index is 915. The minimum atomic E-state index is -0.526. The van der Waals surface area contributed by atoms with E-state index in [-0.39, 0.29) is 29.7 Å². The summed E-state index contributed by atoms with van der Waals surface area (Å²) >= 11 is 6.10. The van der Waals surface area contributed by atoms with E-state index in [0.29, 0.717) is 49.0 Å². The maximum absolute atomic E-state index is 14.0. The minimum Gasteiger partial charge on any atom is -0.494 e. The Morgan fingerprint density at radius 3 is 2.57 bits per heavy atom. The van der Waals surface area contributed by atoms with Gasteiger partial charge in [0, 0.05) is 49.4 Å². The number of halogens is 2. The summed E-state index contributed by atoms with van der Waals surface area (Å²) in [6.45, 7) is 3.26. The fourth-order valence-electron chi connectivity index (χ4n) is 3.30. The molecule has 2 aromatic rings. The number of benzene rings is 2. The molecule has 0 spiro atoms. The Morgan fingerprint density at radius 2 is 1.93 bits per heavy atom. The number of hydrogen-bond acceptors (Lipinski definition) is 6. The molecule has 1 amide bonds. The van der Waals surface area contributed by atoms with Crippen LogP contribution in [-0.2, 0) is 11.3 Å². The van der Waals surface area contributed by atoms with E-state index >= 15 is 0 Å². The highest BCUT2D eigenvalue weighted by Crippen LogP contribution is 2.29. The van der Waals surface area contributed by atoms with Crippen LogP contribution in [0.3, 0.4) is 0 Å². The monoisotopic (exact) mass is 436 g/mol. The van der Waals surface area contributed by atoms with Crippen LogP contribution in [0.2, 0.25) is 5.02 Å². The number of piperazine rings is 1. The zero-order valence-electron chi connectivity index (χ0n) is 16.4. The Balaban J connectivity index is 1.51. The highest BCUT2D eigenvalue weighted by molar-refractivity contribution is 6.31. The molecule has 1 aliphatic heterocycles. The number of carbonyl (C=O) groups excluding carboxylic acids is 1. The Kier molecular flexibility index (Phi) is 7.20. The molecule has 8 nitrogen and oxygen atoms in total. The molecule has 0 aliphatic carbocycles. The molecule has 10 heteroatoms. The first-order chi connectivity index (χ1) is 14.4. The molecule has 0 atom stereocenters. The van der Waals surface area contributed by atoms with Crippen molar-refractivity contribution < 1.29 is 18.8 Å². The van der Waals surface area contributed by atoms with Crippen LogP contribution >= 0.6 is 11.6 Å². The number of methoxy groups -OCH3 is 1. The number of non-ortho nitro benzene ring substituents is 1. The fourth-order valence-corrected chi connectivity index (χ4v) is 3.52. The molecule has 1 saturated heterocycles. The zero-order valence-corrected chi connectivity index (χ0v) is 17.2. The van der Waals surface area contributed by atoms with Crippen LogP contribution in [-0.4, -0.2) is 60.5 Å². The van der Waals surface area contributed by atoms with E-state index in [2.05, 4.69) is 10.2 Å². The molecule has 0 bridgehead atoms. The van der Waals surface area contributed by atoms with Crippen LogP contribution in [0.25, 0.3) is 0 Å². The summed E-state index contributed by atoms with van der Waals surface area (Å²) in [5.74, 6) is -0.335. The number of nitro benzene ring substituents is 1. The van der Waals surface area contributed by atoms with Gasteiger partial charge in [-0.05, 0) is 18.2 Å². The van der Waals surface area contributed by atoms with Crippen molar-refractivity contribution in [2.75, 3.05) is 45.2 Å². The summed E-state index contributed by atoms with van der Waals surface area (Å²) in [5.41, 5.74) is 0.743. The predicted molar refractivity (Wildman–Crippen MR) is 111 cm³/mol. The fraction of sp³-hybridized carbons (Fsp3) is 0.350. The first-order valence-corrected chi connectivity index (χ1v) is 9.75. The molecule has 2 aromatic carbocycles. The molecule has 0 radical (unpaired) electrons. The lowest BCUT2D eigenvalue weighted by atomic mass is 10.2. The van der Waals surface area contributed by atoms with Gasteiger partial charge in [0.1, 0.15) is 11.6 Å². The number of ether oxygens (including phenoxy) is 1. The van der Waals surface area contributed by atoms with Gasteiger partial charge in [0.05, 0.1) is 30.3 Å². The van der Waals surface area contributed by atoms with Crippen LogP contribution in [0.15, 0.2) is 36.4 Å². The molecule has 30 heavy (non-hydrogen) atoms. The Morgan fingerprint density at radius 1 is 1.23 bits per heavy atom. The topological polar surface area (TPSA) is 87.9 Å². The average molecular weight is 437 g/mol. The van der Waals surface area contributed by atoms with Crippen LogP contribution in [0.5, 0.6) is 5.75 Å². The van der Waals surface area contributed by atoms with Crippen molar-refractivity contribution in [3.05, 3.63) is 62.9 Å². The Hall–Kier alpha value is -2.75. The van der Waals surface area contributed by atoms with Gasteiger partial charge in [0.15, 0.2) is 0 Å². The molecule has 0 aromatic heterocycles. The average Bonchev–Trinajstić information content (AvgIpc) is 2.72. The SMILES string of the molecule is COc1cc([N+](=O)[O-])ccc1NC(=O)CN1CCN(Cc2c(F)cccc2Cl)CC1. The van der Waals surface area contributed by atoms with Gasteiger partial charge in [-0.15, -0.1) is 0 Å². The van der Waals surface area contributed by atoms with Gasteiger partial charge in [-0.3, -0.25) is 24.7 Å². The summed E-state index contributed by atoms with van der Waals surface area (Å²) < 4.78 is 19.1. The molecule has 1 heterocycles. The van der Waals surface area contributed by atoms with Gasteiger partial charge in [0.2, 0.25) is 5.91 Å². The number of rotatable bonds is 7. The van der Waals surface area contributed by atoms with Crippen molar-refractivity contribution in [2.24, 2.45) is 0 Å². The van der Waals surface area contributed by atoms with Crippen molar-refractivity contribution in [3.8, 4) is 5.75 Å². The van der Waals surface area contributed by atoms with Crippen molar-refractivity contribution in [1.29, 1.82) is 0 Å². The lowest BCUT2D eigenvalue weighted by molar-refractivity contribution is -0.384. The van der Waals surface area contributed by atoms with E-state index in [1.165, 1.54) is 31.4 Å². The van der Waals surface area contributed by atoms with Gasteiger partial charge in [-0.2, -0.15) is 0 Å². The zero-order chi connectivity index (χ0) is 21.7. The summed E-state index contributed by atoms with van der Waals surface area (Å²) in [6, 6.07) is 8.68. The van der Waals surface area contributed by atoms with Crippen molar-refractivity contribution in [3.63, 3.8) is 0 Å². The summed E-state index contributed by atoms with van der Waals surface area (Å²) in [6.07, 6.45) is 0. The third kappa shape index (κ3) is 5.44. The number of amides is 1. The van der Waals surface area contributed by atoms with E-state index in [4.69, 9.17) is 16.3 Å². The summed E-state index contributed by atoms with van der Waals surface area (Å²) in [5, 5.41) is 14.0. The first kappa shape index (κ1) is 21.9. The van der Waals surface area contributed by atoms with Gasteiger partial charge in [-0.25, -0.2) is 4.39 Å². The predicted octanol–water partition coefficient (Wildman–Crippen LogP) is 3.15. The van der Waals surface area contributed by atoms with Gasteiger partial charge in [0.25, 0.3) is 5.69 Å². The number of nitro groups is 1.